The van der Waals surface area contributed by atoms with Crippen molar-refractivity contribution in [3.05, 3.63) is 53.7 Å². The van der Waals surface area contributed by atoms with E-state index in [0.29, 0.717) is 12.1 Å². The average molecular weight is 543 g/mol. The fourth-order valence-corrected chi connectivity index (χ4v) is 2.87. The second kappa shape index (κ2) is 10.1. The van der Waals surface area contributed by atoms with Gasteiger partial charge in [0.2, 0.25) is 0 Å². The third-order valence-electron chi connectivity index (χ3n) is 4.40. The molecule has 0 saturated carbocycles. The first kappa shape index (κ1) is 28.1. The minimum Gasteiger partial charge on any atom is -0.444 e. The van der Waals surface area contributed by atoms with Crippen LogP contribution < -0.4 is 11.1 Å². The second-order valence-corrected chi connectivity index (χ2v) is 8.64. The lowest BCUT2D eigenvalue weighted by atomic mass is 10.1. The highest BCUT2D eigenvalue weighted by atomic mass is 19.4. The number of carbonyl (C=O) groups is 2. The third-order valence-corrected chi connectivity index (χ3v) is 4.40. The molecule has 0 unspecified atom stereocenters. The number of carbonyl (C=O) groups excluding carboxylic acids is 2. The van der Waals surface area contributed by atoms with E-state index in [4.69, 9.17) is 10.5 Å². The number of nitrogens with one attached hydrogen (secondary N) is 1. The first-order valence-corrected chi connectivity index (χ1v) is 10.5. The van der Waals surface area contributed by atoms with Gasteiger partial charge in [-0.2, -0.15) is 26.3 Å². The molecule has 3 heterocycles. The number of aromatic nitrogens is 5. The van der Waals surface area contributed by atoms with Gasteiger partial charge in [-0.3, -0.25) is 10.1 Å². The number of nitrogens with zero attached hydrogens (tertiary/aromatic N) is 5. The van der Waals surface area contributed by atoms with Crippen LogP contribution in [0.3, 0.4) is 0 Å². The van der Waals surface area contributed by atoms with Crippen LogP contribution in [0.4, 0.5) is 37.0 Å². The van der Waals surface area contributed by atoms with E-state index in [2.05, 4.69) is 25.4 Å². The topological polar surface area (TPSA) is 138 Å². The molecule has 0 atom stereocenters. The van der Waals surface area contributed by atoms with E-state index in [-0.39, 0.29) is 17.0 Å². The van der Waals surface area contributed by atoms with Gasteiger partial charge in [0, 0.05) is 23.5 Å². The van der Waals surface area contributed by atoms with Gasteiger partial charge in [0.05, 0.1) is 5.57 Å². The molecule has 3 rings (SSSR count). The first-order valence-electron chi connectivity index (χ1n) is 10.5. The summed E-state index contributed by atoms with van der Waals surface area (Å²) >= 11 is 0. The molecule has 3 aromatic heterocycles. The van der Waals surface area contributed by atoms with E-state index in [1.165, 1.54) is 18.3 Å². The van der Waals surface area contributed by atoms with Crippen molar-refractivity contribution in [3.8, 4) is 11.4 Å². The molecule has 0 aromatic carbocycles. The van der Waals surface area contributed by atoms with Gasteiger partial charge in [-0.1, -0.05) is 0 Å². The van der Waals surface area contributed by atoms with Gasteiger partial charge in [0.15, 0.2) is 5.82 Å². The summed E-state index contributed by atoms with van der Waals surface area (Å²) in [6.45, 7) is 5.01. The highest BCUT2D eigenvalue weighted by molar-refractivity contribution is 6.22. The highest BCUT2D eigenvalue weighted by Gasteiger charge is 2.39. The Kier molecular flexibility index (Phi) is 7.46. The fourth-order valence-electron chi connectivity index (χ4n) is 2.87. The van der Waals surface area contributed by atoms with E-state index in [9.17, 15) is 35.9 Å². The smallest absolute Gasteiger partial charge is 0.433 e. The van der Waals surface area contributed by atoms with Crippen molar-refractivity contribution in [2.75, 3.05) is 5.32 Å². The van der Waals surface area contributed by atoms with Crippen LogP contribution in [0.1, 0.15) is 37.7 Å². The van der Waals surface area contributed by atoms with Crippen molar-refractivity contribution in [3.63, 3.8) is 0 Å². The zero-order chi connectivity index (χ0) is 28.5. The van der Waals surface area contributed by atoms with Crippen LogP contribution in [0.2, 0.25) is 0 Å². The van der Waals surface area contributed by atoms with Gasteiger partial charge in [0.1, 0.15) is 29.1 Å². The third kappa shape index (κ3) is 7.27. The molecule has 10 nitrogen and oxygen atoms in total. The van der Waals surface area contributed by atoms with Crippen molar-refractivity contribution in [1.29, 1.82) is 0 Å². The Morgan fingerprint density at radius 2 is 1.61 bits per heavy atom. The van der Waals surface area contributed by atoms with Crippen LogP contribution in [0.25, 0.3) is 23.2 Å². The zero-order valence-corrected chi connectivity index (χ0v) is 19.8. The number of ether oxygens (including phenoxy) is 1. The number of amides is 2. The summed E-state index contributed by atoms with van der Waals surface area (Å²) in [5.41, 5.74) is 0.479. The molecular formula is C22H19F6N7O3. The normalized spacial score (nSPS) is 12.8. The van der Waals surface area contributed by atoms with Gasteiger partial charge in [-0.05, 0) is 45.0 Å². The Bertz CT molecular complexity index is 1340. The van der Waals surface area contributed by atoms with Crippen molar-refractivity contribution in [2.45, 2.75) is 38.7 Å². The van der Waals surface area contributed by atoms with Crippen molar-refractivity contribution in [2.24, 2.45) is 5.73 Å². The molecule has 0 aliphatic carbocycles. The maximum atomic E-state index is 13.1. The van der Waals surface area contributed by atoms with Crippen molar-refractivity contribution in [1.82, 2.24) is 24.7 Å². The summed E-state index contributed by atoms with van der Waals surface area (Å²) in [7, 11) is 0. The summed E-state index contributed by atoms with van der Waals surface area (Å²) in [5.74, 6) is -1.37. The van der Waals surface area contributed by atoms with Crippen LogP contribution >= 0.6 is 0 Å². The lowest BCUT2D eigenvalue weighted by molar-refractivity contribution is -0.150. The largest absolute Gasteiger partial charge is 0.444 e. The maximum absolute atomic E-state index is 13.1. The molecule has 3 aromatic rings. The first-order chi connectivity index (χ1) is 17.4. The van der Waals surface area contributed by atoms with Gasteiger partial charge < -0.3 is 10.5 Å². The zero-order valence-electron chi connectivity index (χ0n) is 19.8. The van der Waals surface area contributed by atoms with Crippen LogP contribution in [0.15, 0.2) is 36.8 Å². The summed E-state index contributed by atoms with van der Waals surface area (Å²) in [5, 5.41) is 6.22. The number of rotatable bonds is 5. The maximum Gasteiger partial charge on any atom is 0.433 e. The van der Waals surface area contributed by atoms with E-state index >= 15 is 0 Å². The molecule has 0 bridgehead atoms. The van der Waals surface area contributed by atoms with E-state index in [1.54, 1.807) is 20.8 Å². The number of hydrogen-bond donors (Lipinski definition) is 2. The predicted molar refractivity (Wildman–Crippen MR) is 121 cm³/mol. The molecular weight excluding hydrogens is 524 g/mol. The highest BCUT2D eigenvalue weighted by Crippen LogP contribution is 2.35. The summed E-state index contributed by atoms with van der Waals surface area (Å²) < 4.78 is 84.6. The molecule has 0 aliphatic rings. The van der Waals surface area contributed by atoms with Crippen LogP contribution in [-0.4, -0.2) is 42.3 Å². The summed E-state index contributed by atoms with van der Waals surface area (Å²) in [6.07, 6.45) is -7.89. The number of anilines is 1. The van der Waals surface area contributed by atoms with Gasteiger partial charge in [0.25, 0.3) is 5.91 Å². The van der Waals surface area contributed by atoms with Crippen LogP contribution in [-0.2, 0) is 21.9 Å². The molecule has 0 spiro atoms. The SMILES string of the molecule is CC(C)(C)OC(=O)Nc1ccc(/C(=C\n2cnc(-c3cc(C(F)(F)F)nc(C(F)(F)F)c3)n2)C(N)=O)cn1. The average Bonchev–Trinajstić information content (AvgIpc) is 3.24. The number of alkyl halides is 6. The van der Waals surface area contributed by atoms with Crippen LogP contribution in [0.5, 0.6) is 0 Å². The molecule has 0 radical (unpaired) electrons. The minimum absolute atomic E-state index is 0.0912. The Labute approximate surface area is 210 Å². The second-order valence-electron chi connectivity index (χ2n) is 8.64. The molecule has 16 heteroatoms. The molecule has 38 heavy (non-hydrogen) atoms. The standard InChI is InChI=1S/C22H19F6N7O3/c1-20(2,3)38-19(37)33-16-5-4-11(8-30-16)13(17(29)36)9-35-10-31-18(34-35)12-6-14(21(23,24)25)32-15(7-12)22(26,27)28/h4-10H,1-3H3,(H2,29,36)(H,30,33,37)/b13-9+. The van der Waals surface area contributed by atoms with E-state index in [0.717, 1.165) is 17.2 Å². The Balaban J connectivity index is 1.91. The minimum atomic E-state index is -5.16. The number of halogens is 6. The molecule has 0 fully saturated rings. The predicted octanol–water partition coefficient (Wildman–Crippen LogP) is 4.60. The lowest BCUT2D eigenvalue weighted by Crippen LogP contribution is -2.27. The summed E-state index contributed by atoms with van der Waals surface area (Å²) in [4.78, 5) is 34.2. The number of nitrogens with two attached hydrogens (primary N) is 1. The quantitative estimate of drug-likeness (QED) is 0.354. The van der Waals surface area contributed by atoms with Crippen molar-refractivity contribution < 1.29 is 40.7 Å². The number of primary amides is 1. The molecule has 0 aliphatic heterocycles. The fraction of sp³-hybridized carbons (Fsp3) is 0.273. The monoisotopic (exact) mass is 543 g/mol. The number of pyridine rings is 2. The lowest BCUT2D eigenvalue weighted by Gasteiger charge is -2.19. The molecule has 0 saturated heterocycles. The van der Waals surface area contributed by atoms with Gasteiger partial charge >= 0.3 is 18.4 Å². The molecule has 2 amide bonds. The Morgan fingerprint density at radius 3 is 2.08 bits per heavy atom. The molecule has 3 N–H and O–H groups in total. The van der Waals surface area contributed by atoms with E-state index in [1.807, 2.05) is 0 Å². The van der Waals surface area contributed by atoms with Gasteiger partial charge in [-0.15, -0.1) is 5.10 Å². The Morgan fingerprint density at radius 1 is 1.00 bits per heavy atom. The van der Waals surface area contributed by atoms with Crippen LogP contribution in [0, 0.1) is 0 Å². The van der Waals surface area contributed by atoms with Crippen molar-refractivity contribution >= 4 is 29.6 Å². The summed E-state index contributed by atoms with van der Waals surface area (Å²) in [6, 6.07) is 3.46. The molecule has 202 valence electrons. The number of hydrogen-bond acceptors (Lipinski definition) is 7. The van der Waals surface area contributed by atoms with E-state index < -0.39 is 52.7 Å². The van der Waals surface area contributed by atoms with Gasteiger partial charge in [-0.25, -0.2) is 24.4 Å². The Hall–Kier alpha value is -4.50.